The minimum Gasteiger partial charge on any atom is -0.489 e. The van der Waals surface area contributed by atoms with Crippen LogP contribution in [0.15, 0.2) is 33.7 Å². The quantitative estimate of drug-likeness (QED) is 0.453. The van der Waals surface area contributed by atoms with Crippen molar-refractivity contribution in [2.75, 3.05) is 32.7 Å². The predicted octanol–water partition coefficient (Wildman–Crippen LogP) is 3.67. The van der Waals surface area contributed by atoms with Gasteiger partial charge in [0.25, 0.3) is 0 Å². The lowest BCUT2D eigenvalue weighted by Gasteiger charge is -2.31. The summed E-state index contributed by atoms with van der Waals surface area (Å²) in [5, 5.41) is 6.76. The highest BCUT2D eigenvalue weighted by molar-refractivity contribution is 5.79. The second-order valence-corrected chi connectivity index (χ2v) is 8.46. The van der Waals surface area contributed by atoms with Gasteiger partial charge < -0.3 is 19.8 Å². The summed E-state index contributed by atoms with van der Waals surface area (Å²) in [7, 11) is 0. The Morgan fingerprint density at radius 2 is 2.09 bits per heavy atom. The van der Waals surface area contributed by atoms with Crippen LogP contribution in [-0.2, 0) is 6.54 Å². The molecule has 1 aliphatic heterocycles. The van der Waals surface area contributed by atoms with Gasteiger partial charge in [-0.05, 0) is 71.7 Å². The van der Waals surface area contributed by atoms with Gasteiger partial charge in [0, 0.05) is 19.2 Å². The van der Waals surface area contributed by atoms with Gasteiger partial charge in [0.05, 0.1) is 18.8 Å². The molecule has 1 atom stereocenters. The Labute approximate surface area is 190 Å². The molecule has 0 radical (unpaired) electrons. The van der Waals surface area contributed by atoms with Crippen LogP contribution in [-0.4, -0.2) is 54.7 Å². The maximum absolute atomic E-state index is 13.3. The molecule has 1 aliphatic rings. The third-order valence-electron chi connectivity index (χ3n) is 5.68. The van der Waals surface area contributed by atoms with E-state index in [1.54, 1.807) is 12.1 Å². The van der Waals surface area contributed by atoms with E-state index in [1.165, 1.54) is 12.1 Å². The van der Waals surface area contributed by atoms with Gasteiger partial charge in [-0.2, -0.15) is 0 Å². The molecule has 0 saturated carbocycles. The number of nitrogens with one attached hydrogen (secondary N) is 2. The van der Waals surface area contributed by atoms with E-state index < -0.39 is 0 Å². The molecule has 2 aromatic rings. The van der Waals surface area contributed by atoms with Crippen molar-refractivity contribution in [1.29, 1.82) is 0 Å². The van der Waals surface area contributed by atoms with Crippen LogP contribution in [0.1, 0.15) is 44.0 Å². The van der Waals surface area contributed by atoms with Gasteiger partial charge in [-0.15, -0.1) is 0 Å². The van der Waals surface area contributed by atoms with Crippen molar-refractivity contribution in [3.05, 3.63) is 47.4 Å². The lowest BCUT2D eigenvalue weighted by atomic mass is 9.97. The van der Waals surface area contributed by atoms with Crippen LogP contribution in [0.3, 0.4) is 0 Å². The number of likely N-dealkylation sites (tertiary alicyclic amines) is 1. The third-order valence-corrected chi connectivity index (χ3v) is 5.68. The number of benzene rings is 1. The summed E-state index contributed by atoms with van der Waals surface area (Å²) < 4.78 is 24.8. The van der Waals surface area contributed by atoms with Crippen LogP contribution < -0.4 is 15.4 Å². The number of aliphatic imine (C=N–C) groups is 1. The highest BCUT2D eigenvalue weighted by Gasteiger charge is 2.21. The SMILES string of the molecule is CCNC(=NCC(C)Oc1cccc(F)c1)NCC1CCN(Cc2nc(C)c(C)o2)CC1. The number of hydrogen-bond acceptors (Lipinski definition) is 5. The first-order chi connectivity index (χ1) is 15.4. The van der Waals surface area contributed by atoms with Gasteiger partial charge in [0.15, 0.2) is 5.96 Å². The summed E-state index contributed by atoms with van der Waals surface area (Å²) in [6.45, 7) is 13.0. The lowest BCUT2D eigenvalue weighted by molar-refractivity contribution is 0.164. The van der Waals surface area contributed by atoms with E-state index in [0.29, 0.717) is 18.2 Å². The Hall–Kier alpha value is -2.61. The van der Waals surface area contributed by atoms with Crippen molar-refractivity contribution in [1.82, 2.24) is 20.5 Å². The lowest BCUT2D eigenvalue weighted by Crippen LogP contribution is -2.43. The van der Waals surface area contributed by atoms with Crippen molar-refractivity contribution < 1.29 is 13.5 Å². The van der Waals surface area contributed by atoms with E-state index in [4.69, 9.17) is 9.15 Å². The molecule has 0 spiro atoms. The van der Waals surface area contributed by atoms with Crippen molar-refractivity contribution in [3.8, 4) is 5.75 Å². The molecule has 1 aromatic heterocycles. The summed E-state index contributed by atoms with van der Waals surface area (Å²) in [5.41, 5.74) is 0.977. The number of rotatable bonds is 9. The molecule has 1 unspecified atom stereocenters. The van der Waals surface area contributed by atoms with Crippen LogP contribution >= 0.6 is 0 Å². The Morgan fingerprint density at radius 3 is 2.75 bits per heavy atom. The van der Waals surface area contributed by atoms with Crippen molar-refractivity contribution in [3.63, 3.8) is 0 Å². The largest absolute Gasteiger partial charge is 0.489 e. The average molecular weight is 446 g/mol. The van der Waals surface area contributed by atoms with E-state index in [2.05, 4.69) is 32.4 Å². The standard InChI is InChI=1S/C24H36FN5O2/c1-5-26-24(27-14-17(2)31-22-8-6-7-21(25)13-22)28-15-20-9-11-30(12-10-20)16-23-29-18(3)19(4)32-23/h6-8,13,17,20H,5,9-12,14-16H2,1-4H3,(H2,26,27,28). The van der Waals surface area contributed by atoms with Crippen LogP contribution in [0.2, 0.25) is 0 Å². The van der Waals surface area contributed by atoms with Gasteiger partial charge in [0.1, 0.15) is 23.4 Å². The minimum absolute atomic E-state index is 0.155. The molecular weight excluding hydrogens is 409 g/mol. The molecule has 8 heteroatoms. The van der Waals surface area contributed by atoms with Crippen LogP contribution in [0.25, 0.3) is 0 Å². The molecule has 32 heavy (non-hydrogen) atoms. The second-order valence-electron chi connectivity index (χ2n) is 8.46. The number of aromatic nitrogens is 1. The van der Waals surface area contributed by atoms with Crippen molar-refractivity contribution in [2.45, 2.75) is 53.2 Å². The number of ether oxygens (including phenoxy) is 1. The molecule has 1 saturated heterocycles. The first kappa shape index (κ1) is 24.0. The number of aryl methyl sites for hydroxylation is 2. The third kappa shape index (κ3) is 7.51. The van der Waals surface area contributed by atoms with E-state index in [9.17, 15) is 4.39 Å². The molecule has 3 rings (SSSR count). The first-order valence-electron chi connectivity index (χ1n) is 11.5. The molecule has 1 aromatic carbocycles. The molecule has 7 nitrogen and oxygen atoms in total. The maximum Gasteiger partial charge on any atom is 0.208 e. The molecule has 176 valence electrons. The van der Waals surface area contributed by atoms with Gasteiger partial charge in [-0.25, -0.2) is 14.4 Å². The monoisotopic (exact) mass is 445 g/mol. The highest BCUT2D eigenvalue weighted by atomic mass is 19.1. The predicted molar refractivity (Wildman–Crippen MR) is 124 cm³/mol. The molecule has 0 amide bonds. The number of oxazole rings is 1. The summed E-state index contributed by atoms with van der Waals surface area (Å²) >= 11 is 0. The van der Waals surface area contributed by atoms with Crippen LogP contribution in [0.4, 0.5) is 4.39 Å². The first-order valence-corrected chi connectivity index (χ1v) is 11.5. The van der Waals surface area contributed by atoms with E-state index in [-0.39, 0.29) is 11.9 Å². The maximum atomic E-state index is 13.3. The molecule has 1 fully saturated rings. The van der Waals surface area contributed by atoms with Crippen LogP contribution in [0, 0.1) is 25.6 Å². The minimum atomic E-state index is -0.301. The van der Waals surface area contributed by atoms with Crippen molar-refractivity contribution >= 4 is 5.96 Å². The number of nitrogens with zero attached hydrogens (tertiary/aromatic N) is 3. The van der Waals surface area contributed by atoms with Gasteiger partial charge >= 0.3 is 0 Å². The molecular formula is C24H36FN5O2. The fourth-order valence-electron chi connectivity index (χ4n) is 3.76. The normalized spacial score (nSPS) is 16.7. The Bertz CT molecular complexity index is 858. The molecule has 0 bridgehead atoms. The fraction of sp³-hybridized carbons (Fsp3) is 0.583. The number of hydrogen-bond donors (Lipinski definition) is 2. The van der Waals surface area contributed by atoms with E-state index >= 15 is 0 Å². The number of piperidine rings is 1. The zero-order chi connectivity index (χ0) is 22.9. The molecule has 0 aliphatic carbocycles. The Morgan fingerprint density at radius 1 is 1.31 bits per heavy atom. The van der Waals surface area contributed by atoms with Crippen LogP contribution in [0.5, 0.6) is 5.75 Å². The zero-order valence-electron chi connectivity index (χ0n) is 19.7. The van der Waals surface area contributed by atoms with Gasteiger partial charge in [-0.1, -0.05) is 6.07 Å². The summed E-state index contributed by atoms with van der Waals surface area (Å²) in [4.78, 5) is 11.5. The average Bonchev–Trinajstić information content (AvgIpc) is 3.08. The molecule has 2 N–H and O–H groups in total. The fourth-order valence-corrected chi connectivity index (χ4v) is 3.76. The summed E-state index contributed by atoms with van der Waals surface area (Å²) in [6, 6.07) is 6.19. The topological polar surface area (TPSA) is 74.9 Å². The second kappa shape index (κ2) is 11.9. The van der Waals surface area contributed by atoms with E-state index in [1.807, 2.05) is 20.8 Å². The smallest absolute Gasteiger partial charge is 0.208 e. The Kier molecular flexibility index (Phi) is 8.90. The number of halogens is 1. The zero-order valence-corrected chi connectivity index (χ0v) is 19.7. The molecule has 2 heterocycles. The summed E-state index contributed by atoms with van der Waals surface area (Å²) in [6.07, 6.45) is 2.10. The Balaban J connectivity index is 1.41. The van der Waals surface area contributed by atoms with Crippen molar-refractivity contribution in [2.24, 2.45) is 10.9 Å². The van der Waals surface area contributed by atoms with E-state index in [0.717, 1.165) is 68.9 Å². The highest BCUT2D eigenvalue weighted by Crippen LogP contribution is 2.19. The van der Waals surface area contributed by atoms with Gasteiger partial charge in [0.2, 0.25) is 5.89 Å². The van der Waals surface area contributed by atoms with Gasteiger partial charge in [-0.3, -0.25) is 4.90 Å². The summed E-state index contributed by atoms with van der Waals surface area (Å²) in [5.74, 6) is 3.33. The number of guanidine groups is 1.